The van der Waals surface area contributed by atoms with E-state index in [0.29, 0.717) is 5.56 Å². The van der Waals surface area contributed by atoms with Crippen LogP contribution in [0.15, 0.2) is 18.2 Å². The third-order valence-electron chi connectivity index (χ3n) is 2.63. The summed E-state index contributed by atoms with van der Waals surface area (Å²) in [5, 5.41) is 26.9. The van der Waals surface area contributed by atoms with Gasteiger partial charge >= 0.3 is 0 Å². The molecule has 0 aliphatic heterocycles. The number of nitro benzene ring substituents is 1. The van der Waals surface area contributed by atoms with Crippen LogP contribution in [0, 0.1) is 17.0 Å². The lowest BCUT2D eigenvalue weighted by Gasteiger charge is -2.07. The van der Waals surface area contributed by atoms with E-state index < -0.39 is 10.8 Å². The van der Waals surface area contributed by atoms with E-state index in [0.717, 1.165) is 0 Å². The predicted octanol–water partition coefficient (Wildman–Crippen LogP) is 0.554. The Balaban J connectivity index is 2.07. The summed E-state index contributed by atoms with van der Waals surface area (Å²) in [6.07, 6.45) is 0. The van der Waals surface area contributed by atoms with Gasteiger partial charge in [-0.1, -0.05) is 11.2 Å². The molecule has 0 atom stereocenters. The van der Waals surface area contributed by atoms with Crippen LogP contribution in [0.5, 0.6) is 0 Å². The van der Waals surface area contributed by atoms with Crippen LogP contribution in [0.2, 0.25) is 0 Å². The fourth-order valence-electron chi connectivity index (χ4n) is 1.59. The quantitative estimate of drug-likeness (QED) is 0.476. The van der Waals surface area contributed by atoms with Crippen molar-refractivity contribution in [2.24, 2.45) is 7.05 Å². The van der Waals surface area contributed by atoms with Crippen molar-refractivity contribution in [3.8, 4) is 0 Å². The minimum atomic E-state index is -0.579. The third kappa shape index (κ3) is 3.58. The highest BCUT2D eigenvalue weighted by Crippen LogP contribution is 2.19. The van der Waals surface area contributed by atoms with Crippen molar-refractivity contribution in [1.29, 1.82) is 0 Å². The highest BCUT2D eigenvalue weighted by atomic mass is 32.1. The Morgan fingerprint density at radius 2 is 2.18 bits per heavy atom. The number of carbonyl (C=O) groups excluding carboxylic acids is 1. The van der Waals surface area contributed by atoms with E-state index >= 15 is 0 Å². The van der Waals surface area contributed by atoms with Crippen LogP contribution in [0.1, 0.15) is 15.9 Å². The molecule has 0 fully saturated rings. The van der Waals surface area contributed by atoms with Gasteiger partial charge in [0.2, 0.25) is 0 Å². The first-order valence-corrected chi connectivity index (χ1v) is 6.39. The van der Waals surface area contributed by atoms with Crippen LogP contribution in [0.3, 0.4) is 0 Å². The maximum absolute atomic E-state index is 12.0. The monoisotopic (exact) mass is 321 g/mol. The van der Waals surface area contributed by atoms with E-state index in [-0.39, 0.29) is 22.3 Å². The highest BCUT2D eigenvalue weighted by molar-refractivity contribution is 7.80. The molecule has 11 heteroatoms. The zero-order chi connectivity index (χ0) is 16.3. The van der Waals surface area contributed by atoms with Gasteiger partial charge in [-0.25, -0.2) is 0 Å². The van der Waals surface area contributed by atoms with Crippen molar-refractivity contribution in [3.05, 3.63) is 39.4 Å². The Labute approximate surface area is 129 Å². The van der Waals surface area contributed by atoms with Gasteiger partial charge in [0, 0.05) is 17.2 Å². The number of amides is 1. The molecule has 2 rings (SSSR count). The van der Waals surface area contributed by atoms with E-state index in [1.807, 2.05) is 0 Å². The standard InChI is InChI=1S/C11H11N7O3S/c1-6-3-4-7(5-8(6)18(20)21)9(19)12-11(22)13-10-14-16-17(2)15-10/h3-5H,1-2H3,(H2,12,13,15,19,22). The number of rotatable bonds is 3. The molecule has 0 saturated carbocycles. The molecule has 2 N–H and O–H groups in total. The molecule has 10 nitrogen and oxygen atoms in total. The number of benzene rings is 1. The van der Waals surface area contributed by atoms with Crippen LogP contribution < -0.4 is 10.6 Å². The number of nitrogens with one attached hydrogen (secondary N) is 2. The van der Waals surface area contributed by atoms with Gasteiger partial charge < -0.3 is 0 Å². The van der Waals surface area contributed by atoms with Crippen molar-refractivity contribution in [1.82, 2.24) is 25.5 Å². The first kappa shape index (κ1) is 15.4. The molecule has 1 aromatic heterocycles. The number of aromatic nitrogens is 4. The zero-order valence-corrected chi connectivity index (χ0v) is 12.4. The molecule has 0 aliphatic rings. The molecule has 0 bridgehead atoms. The summed E-state index contributed by atoms with van der Waals surface area (Å²) < 4.78 is 0. The molecule has 0 radical (unpaired) electrons. The van der Waals surface area contributed by atoms with E-state index in [1.165, 1.54) is 23.0 Å². The summed E-state index contributed by atoms with van der Waals surface area (Å²) in [5.41, 5.74) is 0.446. The largest absolute Gasteiger partial charge is 0.299 e. The molecule has 1 amide bonds. The molecular formula is C11H11N7O3S. The van der Waals surface area contributed by atoms with E-state index in [9.17, 15) is 14.9 Å². The van der Waals surface area contributed by atoms with Gasteiger partial charge in [0.15, 0.2) is 5.11 Å². The maximum Gasteiger partial charge on any atom is 0.273 e. The van der Waals surface area contributed by atoms with Crippen LogP contribution in [-0.4, -0.2) is 36.2 Å². The SMILES string of the molecule is Cc1ccc(C(=O)NC(=S)Nc2nnn(C)n2)cc1[N+](=O)[O-]. The Bertz CT molecular complexity index is 758. The molecule has 1 aromatic carbocycles. The van der Waals surface area contributed by atoms with Crippen molar-refractivity contribution in [3.63, 3.8) is 0 Å². The fraction of sp³-hybridized carbons (Fsp3) is 0.182. The summed E-state index contributed by atoms with van der Waals surface area (Å²) in [7, 11) is 1.57. The van der Waals surface area contributed by atoms with E-state index in [1.54, 1.807) is 14.0 Å². The van der Waals surface area contributed by atoms with Gasteiger partial charge in [0.1, 0.15) is 0 Å². The van der Waals surface area contributed by atoms with Crippen LogP contribution in [0.4, 0.5) is 11.6 Å². The van der Waals surface area contributed by atoms with Gasteiger partial charge in [-0.3, -0.25) is 25.5 Å². The normalized spacial score (nSPS) is 10.1. The lowest BCUT2D eigenvalue weighted by Crippen LogP contribution is -2.34. The van der Waals surface area contributed by atoms with Gasteiger partial charge in [-0.2, -0.15) is 4.80 Å². The Morgan fingerprint density at radius 3 is 2.77 bits per heavy atom. The van der Waals surface area contributed by atoms with Gasteiger partial charge in [0.05, 0.1) is 12.0 Å². The van der Waals surface area contributed by atoms with E-state index in [4.69, 9.17) is 12.2 Å². The van der Waals surface area contributed by atoms with Crippen LogP contribution in [-0.2, 0) is 7.05 Å². The average Bonchev–Trinajstić information content (AvgIpc) is 2.83. The molecule has 2 aromatic rings. The van der Waals surface area contributed by atoms with E-state index in [2.05, 4.69) is 26.0 Å². The molecule has 22 heavy (non-hydrogen) atoms. The summed E-state index contributed by atoms with van der Waals surface area (Å²) in [5.74, 6) is -0.452. The Morgan fingerprint density at radius 1 is 1.45 bits per heavy atom. The topological polar surface area (TPSA) is 128 Å². The summed E-state index contributed by atoms with van der Waals surface area (Å²) in [6, 6.07) is 4.16. The summed E-state index contributed by atoms with van der Waals surface area (Å²) in [6.45, 7) is 1.59. The zero-order valence-electron chi connectivity index (χ0n) is 11.6. The number of hydrogen-bond donors (Lipinski definition) is 2. The average molecular weight is 321 g/mol. The van der Waals surface area contributed by atoms with Gasteiger partial charge in [-0.15, -0.1) is 5.10 Å². The first-order chi connectivity index (χ1) is 10.4. The summed E-state index contributed by atoms with van der Waals surface area (Å²) >= 11 is 4.94. The first-order valence-electron chi connectivity index (χ1n) is 5.98. The molecule has 0 unspecified atom stereocenters. The number of aryl methyl sites for hydroxylation is 2. The van der Waals surface area contributed by atoms with Crippen LogP contribution in [0.25, 0.3) is 0 Å². The number of carbonyl (C=O) groups is 1. The minimum absolute atomic E-state index is 0.0405. The number of thiocarbonyl (C=S) groups is 1. The van der Waals surface area contributed by atoms with Gasteiger partial charge in [-0.05, 0) is 30.4 Å². The van der Waals surface area contributed by atoms with Crippen molar-refractivity contribution < 1.29 is 9.72 Å². The lowest BCUT2D eigenvalue weighted by atomic mass is 10.1. The third-order valence-corrected chi connectivity index (χ3v) is 2.83. The second-order valence-electron chi connectivity index (χ2n) is 4.27. The van der Waals surface area contributed by atoms with Crippen molar-refractivity contribution in [2.75, 3.05) is 5.32 Å². The van der Waals surface area contributed by atoms with Crippen LogP contribution >= 0.6 is 12.2 Å². The second-order valence-corrected chi connectivity index (χ2v) is 4.68. The minimum Gasteiger partial charge on any atom is -0.299 e. The fourth-order valence-corrected chi connectivity index (χ4v) is 1.77. The Hall–Kier alpha value is -2.95. The van der Waals surface area contributed by atoms with Crippen molar-refractivity contribution in [2.45, 2.75) is 6.92 Å². The molecule has 0 aliphatic carbocycles. The number of nitro groups is 1. The Kier molecular flexibility index (Phi) is 4.36. The molecule has 1 heterocycles. The lowest BCUT2D eigenvalue weighted by molar-refractivity contribution is -0.385. The molecule has 0 spiro atoms. The predicted molar refractivity (Wildman–Crippen MR) is 80.3 cm³/mol. The number of tetrazole rings is 1. The van der Waals surface area contributed by atoms with Gasteiger partial charge in [0.25, 0.3) is 17.5 Å². The summed E-state index contributed by atoms with van der Waals surface area (Å²) in [4.78, 5) is 23.6. The molecule has 0 saturated heterocycles. The number of nitrogens with zero attached hydrogens (tertiary/aromatic N) is 5. The molecule has 114 valence electrons. The maximum atomic E-state index is 12.0. The van der Waals surface area contributed by atoms with Crippen molar-refractivity contribution >= 4 is 34.9 Å². The number of anilines is 1. The number of hydrogen-bond acceptors (Lipinski definition) is 7. The smallest absolute Gasteiger partial charge is 0.273 e. The second kappa shape index (κ2) is 6.22. The highest BCUT2D eigenvalue weighted by Gasteiger charge is 2.16. The molecular weight excluding hydrogens is 310 g/mol.